The molecule has 38 heavy (non-hydrogen) atoms. The van der Waals surface area contributed by atoms with E-state index in [1.807, 2.05) is 49.4 Å². The number of nitrogens with zero attached hydrogens (tertiary/aromatic N) is 2. The highest BCUT2D eigenvalue weighted by Gasteiger charge is 2.36. The van der Waals surface area contributed by atoms with Crippen LogP contribution in [0.15, 0.2) is 61.2 Å². The van der Waals surface area contributed by atoms with Gasteiger partial charge in [-0.05, 0) is 49.9 Å². The monoisotopic (exact) mass is 518 g/mol. The molecule has 0 saturated carbocycles. The van der Waals surface area contributed by atoms with E-state index in [4.69, 9.17) is 4.74 Å². The number of carbonyl (C=O) groups is 3. The van der Waals surface area contributed by atoms with Crippen LogP contribution in [0.25, 0.3) is 6.08 Å². The minimum absolute atomic E-state index is 0.151. The number of nitrogens with one attached hydrogen (secondary N) is 2. The van der Waals surface area contributed by atoms with E-state index < -0.39 is 35.6 Å². The van der Waals surface area contributed by atoms with E-state index in [1.165, 1.54) is 4.90 Å². The van der Waals surface area contributed by atoms with Crippen LogP contribution >= 0.6 is 0 Å². The van der Waals surface area contributed by atoms with Crippen LogP contribution in [0.2, 0.25) is 0 Å². The molecule has 2 atom stereocenters. The second kappa shape index (κ2) is 14.6. The molecule has 2 N–H and O–H groups in total. The molecule has 0 radical (unpaired) electrons. The third kappa shape index (κ3) is 9.40. The van der Waals surface area contributed by atoms with Crippen molar-refractivity contribution >= 4 is 24.0 Å². The molecule has 0 aliphatic heterocycles. The van der Waals surface area contributed by atoms with Gasteiger partial charge in [0.1, 0.15) is 24.2 Å². The molecular weight excluding hydrogens is 480 g/mol. The number of nitriles is 1. The van der Waals surface area contributed by atoms with Gasteiger partial charge < -0.3 is 20.3 Å². The summed E-state index contributed by atoms with van der Waals surface area (Å²) >= 11 is 0. The predicted octanol–water partition coefficient (Wildman–Crippen LogP) is 4.78. The molecule has 0 aliphatic rings. The fourth-order valence-electron chi connectivity index (χ4n) is 3.89. The SMILES string of the molecule is C=Cc1cccc(C(C(=O)NCCCC)N(CC#N)C(=O)C(Cc2ccccc2)NC(=O)OC(C)(C)C)c1. The van der Waals surface area contributed by atoms with E-state index in [0.29, 0.717) is 12.1 Å². The molecule has 0 aliphatic carbocycles. The van der Waals surface area contributed by atoms with Crippen LogP contribution in [0.4, 0.5) is 4.79 Å². The molecule has 202 valence electrons. The van der Waals surface area contributed by atoms with Crippen LogP contribution in [-0.4, -0.2) is 47.5 Å². The average Bonchev–Trinajstić information content (AvgIpc) is 2.87. The third-order valence-electron chi connectivity index (χ3n) is 5.65. The zero-order valence-corrected chi connectivity index (χ0v) is 22.7. The van der Waals surface area contributed by atoms with Crippen molar-refractivity contribution in [1.29, 1.82) is 5.26 Å². The van der Waals surface area contributed by atoms with E-state index in [2.05, 4.69) is 17.2 Å². The molecule has 0 heterocycles. The third-order valence-corrected chi connectivity index (χ3v) is 5.65. The Morgan fingerprint density at radius 2 is 1.84 bits per heavy atom. The Hall–Kier alpha value is -4.12. The van der Waals surface area contributed by atoms with Crippen LogP contribution < -0.4 is 10.6 Å². The quantitative estimate of drug-likeness (QED) is 0.310. The highest BCUT2D eigenvalue weighted by Crippen LogP contribution is 2.24. The van der Waals surface area contributed by atoms with Crippen LogP contribution in [0.3, 0.4) is 0 Å². The van der Waals surface area contributed by atoms with Crippen molar-refractivity contribution in [3.8, 4) is 6.07 Å². The first-order valence-electron chi connectivity index (χ1n) is 12.8. The number of unbranched alkanes of at least 4 members (excludes halogenated alkanes) is 1. The van der Waals surface area contributed by atoms with Crippen molar-refractivity contribution in [2.75, 3.05) is 13.1 Å². The summed E-state index contributed by atoms with van der Waals surface area (Å²) in [6.45, 7) is 11.1. The van der Waals surface area contributed by atoms with E-state index in [0.717, 1.165) is 24.0 Å². The first-order chi connectivity index (χ1) is 18.1. The molecule has 0 aromatic heterocycles. The minimum atomic E-state index is -1.09. The number of carbonyl (C=O) groups excluding carboxylic acids is 3. The Balaban J connectivity index is 2.52. The van der Waals surface area contributed by atoms with Gasteiger partial charge in [-0.15, -0.1) is 0 Å². The molecule has 2 aromatic rings. The van der Waals surface area contributed by atoms with Gasteiger partial charge in [0.15, 0.2) is 0 Å². The maximum atomic E-state index is 14.0. The topological polar surface area (TPSA) is 112 Å². The number of ether oxygens (including phenoxy) is 1. The number of hydrogen-bond acceptors (Lipinski definition) is 5. The second-order valence-electron chi connectivity index (χ2n) is 9.93. The molecule has 0 spiro atoms. The van der Waals surface area contributed by atoms with Crippen LogP contribution in [0, 0.1) is 11.3 Å². The lowest BCUT2D eigenvalue weighted by atomic mass is 9.99. The highest BCUT2D eigenvalue weighted by molar-refractivity contribution is 5.92. The summed E-state index contributed by atoms with van der Waals surface area (Å²) in [5, 5.41) is 15.2. The standard InChI is InChI=1S/C30H38N4O4/c1-6-8-18-32-27(35)26(24-16-12-15-22(7-2)20-24)34(19-17-31)28(36)25(21-23-13-10-9-11-14-23)33-29(37)38-30(3,4)5/h7,9-16,20,25-26H,2,6,8,18-19,21H2,1,3-5H3,(H,32,35)(H,33,37). The van der Waals surface area contributed by atoms with Gasteiger partial charge >= 0.3 is 6.09 Å². The molecule has 0 saturated heterocycles. The van der Waals surface area contributed by atoms with Crippen molar-refractivity contribution < 1.29 is 19.1 Å². The van der Waals surface area contributed by atoms with Gasteiger partial charge in [0.05, 0.1) is 6.07 Å². The summed E-state index contributed by atoms with van der Waals surface area (Å²) in [6, 6.07) is 16.2. The van der Waals surface area contributed by atoms with E-state index in [-0.39, 0.29) is 13.0 Å². The lowest BCUT2D eigenvalue weighted by molar-refractivity contribution is -0.141. The van der Waals surface area contributed by atoms with Crippen molar-refractivity contribution in [3.63, 3.8) is 0 Å². The predicted molar refractivity (Wildman–Crippen MR) is 148 cm³/mol. The molecule has 0 bridgehead atoms. The molecule has 2 unspecified atom stereocenters. The fourth-order valence-corrected chi connectivity index (χ4v) is 3.89. The Kier molecular flexibility index (Phi) is 11.5. The summed E-state index contributed by atoms with van der Waals surface area (Å²) in [7, 11) is 0. The molecule has 2 aromatic carbocycles. The Morgan fingerprint density at radius 1 is 1.13 bits per heavy atom. The van der Waals surface area contributed by atoms with Gasteiger partial charge in [-0.1, -0.05) is 74.5 Å². The highest BCUT2D eigenvalue weighted by atomic mass is 16.6. The number of hydrogen-bond donors (Lipinski definition) is 2. The van der Waals surface area contributed by atoms with E-state index in [9.17, 15) is 19.6 Å². The maximum absolute atomic E-state index is 14.0. The van der Waals surface area contributed by atoms with E-state index in [1.54, 1.807) is 45.0 Å². The normalized spacial score (nSPS) is 12.4. The van der Waals surface area contributed by atoms with Gasteiger partial charge in [-0.3, -0.25) is 9.59 Å². The Labute approximate surface area is 225 Å². The first kappa shape index (κ1) is 30.1. The average molecular weight is 519 g/mol. The molecule has 8 heteroatoms. The fraction of sp³-hybridized carbons (Fsp3) is 0.400. The van der Waals surface area contributed by atoms with Crippen molar-refractivity contribution in [2.45, 2.75) is 64.6 Å². The number of benzene rings is 2. The zero-order chi connectivity index (χ0) is 28.1. The number of amides is 3. The largest absolute Gasteiger partial charge is 0.444 e. The van der Waals surface area contributed by atoms with E-state index >= 15 is 0 Å². The van der Waals surface area contributed by atoms with Crippen LogP contribution in [0.5, 0.6) is 0 Å². The smallest absolute Gasteiger partial charge is 0.408 e. The lowest BCUT2D eigenvalue weighted by Crippen LogP contribution is -2.54. The van der Waals surface area contributed by atoms with Gasteiger partial charge in [0.25, 0.3) is 0 Å². The zero-order valence-electron chi connectivity index (χ0n) is 22.7. The Morgan fingerprint density at radius 3 is 2.45 bits per heavy atom. The number of alkyl carbamates (subject to hydrolysis) is 1. The minimum Gasteiger partial charge on any atom is -0.444 e. The molecule has 8 nitrogen and oxygen atoms in total. The number of rotatable bonds is 12. The molecular formula is C30H38N4O4. The summed E-state index contributed by atoms with van der Waals surface area (Å²) < 4.78 is 5.41. The molecule has 3 amide bonds. The van der Waals surface area contributed by atoms with Crippen LogP contribution in [0.1, 0.15) is 63.3 Å². The van der Waals surface area contributed by atoms with Crippen LogP contribution in [-0.2, 0) is 20.7 Å². The van der Waals surface area contributed by atoms with Crippen molar-refractivity contribution in [2.24, 2.45) is 0 Å². The first-order valence-corrected chi connectivity index (χ1v) is 12.8. The Bertz CT molecular complexity index is 1130. The molecule has 0 fully saturated rings. The maximum Gasteiger partial charge on any atom is 0.408 e. The van der Waals surface area contributed by atoms with Gasteiger partial charge in [0, 0.05) is 13.0 Å². The van der Waals surface area contributed by atoms with Crippen molar-refractivity contribution in [1.82, 2.24) is 15.5 Å². The summed E-state index contributed by atoms with van der Waals surface area (Å²) in [5.74, 6) is -0.972. The second-order valence-corrected chi connectivity index (χ2v) is 9.93. The van der Waals surface area contributed by atoms with Gasteiger partial charge in [-0.25, -0.2) is 4.79 Å². The lowest BCUT2D eigenvalue weighted by Gasteiger charge is -2.33. The summed E-state index contributed by atoms with van der Waals surface area (Å²) in [5.41, 5.74) is 1.34. The summed E-state index contributed by atoms with van der Waals surface area (Å²) in [6.07, 6.45) is 2.69. The van der Waals surface area contributed by atoms with Gasteiger partial charge in [0.2, 0.25) is 11.8 Å². The summed E-state index contributed by atoms with van der Waals surface area (Å²) in [4.78, 5) is 41.5. The molecule has 2 rings (SSSR count). The van der Waals surface area contributed by atoms with Crippen molar-refractivity contribution in [3.05, 3.63) is 77.9 Å². The van der Waals surface area contributed by atoms with Gasteiger partial charge in [-0.2, -0.15) is 5.26 Å².